The van der Waals surface area contributed by atoms with E-state index in [-0.39, 0.29) is 18.3 Å². The van der Waals surface area contributed by atoms with E-state index >= 15 is 0 Å². The van der Waals surface area contributed by atoms with E-state index in [1.165, 1.54) is 0 Å². The Morgan fingerprint density at radius 3 is 2.58 bits per heavy atom. The van der Waals surface area contributed by atoms with Gasteiger partial charge in [0.2, 0.25) is 0 Å². The summed E-state index contributed by atoms with van der Waals surface area (Å²) < 4.78 is 11.8. The summed E-state index contributed by atoms with van der Waals surface area (Å²) in [6, 6.07) is 12.2. The monoisotopic (exact) mass is 425 g/mol. The molecule has 168 valence electrons. The SMILES string of the molecule is CN=C(NCc1ccc(N2CC(C)OC(C)C2)nc1)NCC(C)Oc1ccccc1C. The summed E-state index contributed by atoms with van der Waals surface area (Å²) in [7, 11) is 1.77. The molecule has 2 heterocycles. The van der Waals surface area contributed by atoms with E-state index in [2.05, 4.69) is 64.5 Å². The van der Waals surface area contributed by atoms with Crippen molar-refractivity contribution in [2.45, 2.75) is 52.6 Å². The number of nitrogens with zero attached hydrogens (tertiary/aromatic N) is 3. The zero-order chi connectivity index (χ0) is 22.2. The molecule has 0 aliphatic carbocycles. The Morgan fingerprint density at radius 2 is 1.94 bits per heavy atom. The number of rotatable bonds is 7. The van der Waals surface area contributed by atoms with E-state index in [0.717, 1.165) is 41.7 Å². The first-order chi connectivity index (χ1) is 14.9. The van der Waals surface area contributed by atoms with Gasteiger partial charge in [-0.25, -0.2) is 4.98 Å². The Balaban J connectivity index is 1.45. The average molecular weight is 426 g/mol. The Hall–Kier alpha value is -2.80. The van der Waals surface area contributed by atoms with Crippen LogP contribution in [-0.2, 0) is 11.3 Å². The van der Waals surface area contributed by atoms with E-state index in [1.807, 2.05) is 31.3 Å². The molecule has 7 nitrogen and oxygen atoms in total. The highest BCUT2D eigenvalue weighted by atomic mass is 16.5. The van der Waals surface area contributed by atoms with Crippen molar-refractivity contribution in [3.63, 3.8) is 0 Å². The summed E-state index contributed by atoms with van der Waals surface area (Å²) in [5.41, 5.74) is 2.24. The van der Waals surface area contributed by atoms with Crippen molar-refractivity contribution in [3.8, 4) is 5.75 Å². The number of hydrogen-bond acceptors (Lipinski definition) is 5. The van der Waals surface area contributed by atoms with Crippen molar-refractivity contribution in [2.24, 2.45) is 4.99 Å². The minimum absolute atomic E-state index is 0.0129. The number of nitrogens with one attached hydrogen (secondary N) is 2. The molecule has 0 saturated carbocycles. The van der Waals surface area contributed by atoms with Crippen molar-refractivity contribution >= 4 is 11.8 Å². The molecular weight excluding hydrogens is 390 g/mol. The molecule has 3 unspecified atom stereocenters. The molecule has 1 aromatic carbocycles. The number of ether oxygens (including phenoxy) is 2. The van der Waals surface area contributed by atoms with Crippen LogP contribution in [0.4, 0.5) is 5.82 Å². The fourth-order valence-corrected chi connectivity index (χ4v) is 3.67. The first kappa shape index (κ1) is 22.9. The van der Waals surface area contributed by atoms with Gasteiger partial charge in [-0.1, -0.05) is 24.3 Å². The van der Waals surface area contributed by atoms with Crippen LogP contribution in [0, 0.1) is 6.92 Å². The minimum Gasteiger partial charge on any atom is -0.489 e. The van der Waals surface area contributed by atoms with Crippen molar-refractivity contribution in [2.75, 3.05) is 31.6 Å². The van der Waals surface area contributed by atoms with Gasteiger partial charge in [0.1, 0.15) is 17.7 Å². The molecular formula is C24H35N5O2. The maximum Gasteiger partial charge on any atom is 0.191 e. The van der Waals surface area contributed by atoms with E-state index in [0.29, 0.717) is 13.1 Å². The van der Waals surface area contributed by atoms with E-state index < -0.39 is 0 Å². The molecule has 0 spiro atoms. The second-order valence-corrected chi connectivity index (χ2v) is 8.19. The summed E-state index contributed by atoms with van der Waals surface area (Å²) in [4.78, 5) is 11.2. The number of para-hydroxylation sites is 1. The van der Waals surface area contributed by atoms with Crippen molar-refractivity contribution in [1.29, 1.82) is 0 Å². The molecule has 31 heavy (non-hydrogen) atoms. The number of guanidine groups is 1. The summed E-state index contributed by atoms with van der Waals surface area (Å²) >= 11 is 0. The van der Waals surface area contributed by atoms with Crippen LogP contribution >= 0.6 is 0 Å². The largest absolute Gasteiger partial charge is 0.489 e. The molecule has 7 heteroatoms. The lowest BCUT2D eigenvalue weighted by Crippen LogP contribution is -2.45. The molecule has 1 fully saturated rings. The van der Waals surface area contributed by atoms with E-state index in [4.69, 9.17) is 9.47 Å². The minimum atomic E-state index is 0.0129. The molecule has 2 aromatic rings. The summed E-state index contributed by atoms with van der Waals surface area (Å²) in [5.74, 6) is 2.64. The lowest BCUT2D eigenvalue weighted by Gasteiger charge is -2.36. The molecule has 0 bridgehead atoms. The predicted molar refractivity (Wildman–Crippen MR) is 126 cm³/mol. The van der Waals surface area contributed by atoms with Crippen LogP contribution in [0.1, 0.15) is 31.9 Å². The van der Waals surface area contributed by atoms with E-state index in [1.54, 1.807) is 7.05 Å². The van der Waals surface area contributed by atoms with Crippen molar-refractivity contribution < 1.29 is 9.47 Å². The van der Waals surface area contributed by atoms with Gasteiger partial charge in [0.25, 0.3) is 0 Å². The van der Waals surface area contributed by atoms with E-state index in [9.17, 15) is 0 Å². The smallest absolute Gasteiger partial charge is 0.191 e. The van der Waals surface area contributed by atoms with Crippen molar-refractivity contribution in [3.05, 3.63) is 53.7 Å². The number of aliphatic imine (C=N–C) groups is 1. The van der Waals surface area contributed by atoms with Gasteiger partial charge in [0.15, 0.2) is 5.96 Å². The Bertz CT molecular complexity index is 845. The molecule has 2 N–H and O–H groups in total. The average Bonchev–Trinajstić information content (AvgIpc) is 2.75. The van der Waals surface area contributed by atoms with Gasteiger partial charge >= 0.3 is 0 Å². The molecule has 0 amide bonds. The zero-order valence-corrected chi connectivity index (χ0v) is 19.3. The number of pyridine rings is 1. The maximum atomic E-state index is 6.02. The Labute approximate surface area is 185 Å². The third-order valence-corrected chi connectivity index (χ3v) is 5.22. The predicted octanol–water partition coefficient (Wildman–Crippen LogP) is 3.14. The van der Waals surface area contributed by atoms with Crippen LogP contribution in [-0.4, -0.2) is 55.9 Å². The summed E-state index contributed by atoms with van der Waals surface area (Å²) in [6.45, 7) is 11.3. The van der Waals surface area contributed by atoms with Gasteiger partial charge in [-0.05, 0) is 51.0 Å². The second kappa shape index (κ2) is 11.0. The van der Waals surface area contributed by atoms with Crippen LogP contribution in [0.2, 0.25) is 0 Å². The molecule has 1 aliphatic heterocycles. The first-order valence-corrected chi connectivity index (χ1v) is 11.0. The Kier molecular flexibility index (Phi) is 8.12. The standard InChI is InChI=1S/C24H35N5O2/c1-17-8-6-7-9-22(17)31-18(2)12-27-24(25-5)28-14-21-10-11-23(26-13-21)29-15-19(3)30-20(4)16-29/h6-11,13,18-20H,12,14-16H2,1-5H3,(H2,25,27,28). The molecule has 3 atom stereocenters. The zero-order valence-electron chi connectivity index (χ0n) is 19.3. The number of aryl methyl sites for hydroxylation is 1. The second-order valence-electron chi connectivity index (χ2n) is 8.19. The molecule has 0 radical (unpaired) electrons. The van der Waals surface area contributed by atoms with Gasteiger partial charge in [-0.2, -0.15) is 0 Å². The quantitative estimate of drug-likeness (QED) is 0.525. The van der Waals surface area contributed by atoms with Crippen LogP contribution in [0.3, 0.4) is 0 Å². The number of benzene rings is 1. The van der Waals surface area contributed by atoms with Crippen LogP contribution in [0.25, 0.3) is 0 Å². The lowest BCUT2D eigenvalue weighted by atomic mass is 10.2. The van der Waals surface area contributed by atoms with Crippen molar-refractivity contribution in [1.82, 2.24) is 15.6 Å². The Morgan fingerprint density at radius 1 is 1.19 bits per heavy atom. The van der Waals surface area contributed by atoms with Crippen LogP contribution < -0.4 is 20.3 Å². The number of hydrogen-bond donors (Lipinski definition) is 2. The third kappa shape index (κ3) is 6.85. The van der Waals surface area contributed by atoms with Crippen LogP contribution in [0.5, 0.6) is 5.75 Å². The lowest BCUT2D eigenvalue weighted by molar-refractivity contribution is -0.00545. The van der Waals surface area contributed by atoms with Gasteiger partial charge in [-0.15, -0.1) is 0 Å². The van der Waals surface area contributed by atoms with Crippen LogP contribution in [0.15, 0.2) is 47.6 Å². The number of anilines is 1. The fourth-order valence-electron chi connectivity index (χ4n) is 3.67. The number of morpholine rings is 1. The summed E-state index contributed by atoms with van der Waals surface area (Å²) in [6.07, 6.45) is 2.38. The highest BCUT2D eigenvalue weighted by Gasteiger charge is 2.22. The topological polar surface area (TPSA) is 71.0 Å². The molecule has 1 saturated heterocycles. The fraction of sp³-hybridized carbons (Fsp3) is 0.500. The van der Waals surface area contributed by atoms with Gasteiger partial charge in [0.05, 0.1) is 18.8 Å². The third-order valence-electron chi connectivity index (χ3n) is 5.22. The number of aromatic nitrogens is 1. The highest BCUT2D eigenvalue weighted by Crippen LogP contribution is 2.19. The molecule has 1 aromatic heterocycles. The maximum absolute atomic E-state index is 6.02. The van der Waals surface area contributed by atoms with Gasteiger partial charge in [0, 0.05) is 32.9 Å². The normalized spacial score (nSPS) is 20.3. The summed E-state index contributed by atoms with van der Waals surface area (Å²) in [5, 5.41) is 6.66. The molecule has 3 rings (SSSR count). The highest BCUT2D eigenvalue weighted by molar-refractivity contribution is 5.79. The van der Waals surface area contributed by atoms with Gasteiger partial charge in [-0.3, -0.25) is 4.99 Å². The molecule has 1 aliphatic rings. The first-order valence-electron chi connectivity index (χ1n) is 11.0. The van der Waals surface area contributed by atoms with Gasteiger partial charge < -0.3 is 25.0 Å².